The maximum Gasteiger partial charge on any atom is 0.256 e. The van der Waals surface area contributed by atoms with E-state index in [1.54, 1.807) is 0 Å². The van der Waals surface area contributed by atoms with Crippen LogP contribution in [0.3, 0.4) is 0 Å². The highest BCUT2D eigenvalue weighted by atomic mass is 32.2. The minimum absolute atomic E-state index is 0.260. The number of hydrogen-bond donors (Lipinski definition) is 1. The molecule has 0 saturated heterocycles. The molecule has 0 spiro atoms. The summed E-state index contributed by atoms with van der Waals surface area (Å²) in [5, 5.41) is -0.260. The van der Waals surface area contributed by atoms with Crippen LogP contribution in [0.15, 0.2) is 64.5 Å². The summed E-state index contributed by atoms with van der Waals surface area (Å²) < 4.78 is 29.1. The van der Waals surface area contributed by atoms with Crippen LogP contribution in [-0.2, 0) is 29.3 Å². The van der Waals surface area contributed by atoms with E-state index in [0.717, 1.165) is 23.3 Å². The van der Waals surface area contributed by atoms with Crippen LogP contribution >= 0.6 is 0 Å². The Morgan fingerprint density at radius 2 is 1.76 bits per heavy atom. The van der Waals surface area contributed by atoms with Crippen LogP contribution in [0, 0.1) is 0 Å². The van der Waals surface area contributed by atoms with Crippen LogP contribution in [0.25, 0.3) is 0 Å². The van der Waals surface area contributed by atoms with E-state index in [2.05, 4.69) is 14.9 Å². The van der Waals surface area contributed by atoms with Gasteiger partial charge in [0, 0.05) is 32.3 Å². The molecular weight excluding hydrogens is 390 g/mol. The number of ether oxygens (including phenoxy) is 1. The van der Waals surface area contributed by atoms with Gasteiger partial charge in [0.15, 0.2) is 0 Å². The number of rotatable bonds is 5. The standard InChI is InChI=1S/C21H21N3O4S/c1-29(26,27)21-22-19-11-12-24(14-18(19)20(25)23-21)13-15-7-9-17(10-8-15)28-16-5-3-2-4-6-16/h2-10H,11-14H2,1H3,(H,22,23,25). The zero-order valence-electron chi connectivity index (χ0n) is 16.0. The lowest BCUT2D eigenvalue weighted by Crippen LogP contribution is -2.36. The smallest absolute Gasteiger partial charge is 0.256 e. The summed E-state index contributed by atoms with van der Waals surface area (Å²) in [7, 11) is -3.54. The number of hydrogen-bond acceptors (Lipinski definition) is 6. The zero-order chi connectivity index (χ0) is 20.4. The molecule has 3 aromatic rings. The van der Waals surface area contributed by atoms with E-state index in [4.69, 9.17) is 4.74 Å². The first-order chi connectivity index (χ1) is 13.9. The average Bonchev–Trinajstić information content (AvgIpc) is 2.70. The van der Waals surface area contributed by atoms with Gasteiger partial charge in [-0.25, -0.2) is 13.4 Å². The lowest BCUT2D eigenvalue weighted by Gasteiger charge is -2.27. The summed E-state index contributed by atoms with van der Waals surface area (Å²) >= 11 is 0. The molecule has 2 aromatic carbocycles. The van der Waals surface area contributed by atoms with Gasteiger partial charge in [0.05, 0.1) is 11.3 Å². The van der Waals surface area contributed by atoms with E-state index in [1.807, 2.05) is 54.6 Å². The molecule has 150 valence electrons. The van der Waals surface area contributed by atoms with Crippen LogP contribution in [0.2, 0.25) is 0 Å². The summed E-state index contributed by atoms with van der Waals surface area (Å²) in [4.78, 5) is 21.0. The van der Waals surface area contributed by atoms with Gasteiger partial charge in [-0.1, -0.05) is 30.3 Å². The third-order valence-corrected chi connectivity index (χ3v) is 5.68. The normalized spacial score (nSPS) is 14.4. The number of aromatic amines is 1. The lowest BCUT2D eigenvalue weighted by atomic mass is 10.1. The predicted molar refractivity (Wildman–Crippen MR) is 109 cm³/mol. The molecule has 0 unspecified atom stereocenters. The molecule has 8 heteroatoms. The third kappa shape index (κ3) is 4.55. The fraction of sp³-hybridized carbons (Fsp3) is 0.238. The molecule has 0 radical (unpaired) electrons. The van der Waals surface area contributed by atoms with E-state index in [0.29, 0.717) is 37.3 Å². The topological polar surface area (TPSA) is 92.4 Å². The van der Waals surface area contributed by atoms with Gasteiger partial charge in [0.25, 0.3) is 5.56 Å². The second kappa shape index (κ2) is 7.81. The highest BCUT2D eigenvalue weighted by Gasteiger charge is 2.23. The van der Waals surface area contributed by atoms with Crippen molar-refractivity contribution in [1.29, 1.82) is 0 Å². The van der Waals surface area contributed by atoms with Crippen LogP contribution < -0.4 is 10.3 Å². The van der Waals surface area contributed by atoms with Crippen molar-refractivity contribution in [3.05, 3.63) is 81.8 Å². The van der Waals surface area contributed by atoms with Gasteiger partial charge in [0.1, 0.15) is 11.5 Å². The molecule has 0 fully saturated rings. The number of aromatic nitrogens is 2. The van der Waals surface area contributed by atoms with E-state index in [1.165, 1.54) is 0 Å². The third-order valence-electron chi connectivity index (χ3n) is 4.79. The Labute approximate surface area is 168 Å². The van der Waals surface area contributed by atoms with Crippen molar-refractivity contribution in [2.24, 2.45) is 0 Å². The van der Waals surface area contributed by atoms with Gasteiger partial charge in [0.2, 0.25) is 15.0 Å². The summed E-state index contributed by atoms with van der Waals surface area (Å²) in [5.41, 5.74) is 1.82. The first kappa shape index (κ1) is 19.4. The van der Waals surface area contributed by atoms with Gasteiger partial charge in [-0.15, -0.1) is 0 Å². The van der Waals surface area contributed by atoms with Crippen LogP contribution in [-0.4, -0.2) is 36.1 Å². The summed E-state index contributed by atoms with van der Waals surface area (Å²) in [5.74, 6) is 1.55. The maximum atomic E-state index is 12.3. The Bertz CT molecular complexity index is 1170. The largest absolute Gasteiger partial charge is 0.457 e. The number of nitrogens with zero attached hydrogens (tertiary/aromatic N) is 2. The monoisotopic (exact) mass is 411 g/mol. The van der Waals surface area contributed by atoms with Crippen molar-refractivity contribution in [3.63, 3.8) is 0 Å². The molecule has 1 aromatic heterocycles. The lowest BCUT2D eigenvalue weighted by molar-refractivity contribution is 0.241. The Kier molecular flexibility index (Phi) is 5.21. The molecule has 0 aliphatic carbocycles. The number of fused-ring (bicyclic) bond motifs is 1. The van der Waals surface area contributed by atoms with Crippen molar-refractivity contribution in [2.45, 2.75) is 24.7 Å². The average molecular weight is 411 g/mol. The molecule has 1 N–H and O–H groups in total. The number of nitrogens with one attached hydrogen (secondary N) is 1. The Morgan fingerprint density at radius 1 is 1.07 bits per heavy atom. The van der Waals surface area contributed by atoms with Crippen molar-refractivity contribution in [2.75, 3.05) is 12.8 Å². The van der Waals surface area contributed by atoms with E-state index in [-0.39, 0.29) is 10.7 Å². The van der Waals surface area contributed by atoms with Gasteiger partial charge in [-0.05, 0) is 29.8 Å². The molecule has 1 aliphatic heterocycles. The fourth-order valence-corrected chi connectivity index (χ4v) is 3.87. The molecule has 29 heavy (non-hydrogen) atoms. The summed E-state index contributed by atoms with van der Waals surface area (Å²) in [6.45, 7) is 1.82. The van der Waals surface area contributed by atoms with Gasteiger partial charge >= 0.3 is 0 Å². The van der Waals surface area contributed by atoms with Crippen molar-refractivity contribution >= 4 is 9.84 Å². The maximum absolute atomic E-state index is 12.3. The second-order valence-electron chi connectivity index (χ2n) is 7.09. The minimum atomic E-state index is -3.54. The van der Waals surface area contributed by atoms with Crippen molar-refractivity contribution in [1.82, 2.24) is 14.9 Å². The molecule has 4 rings (SSSR count). The first-order valence-corrected chi connectivity index (χ1v) is 11.1. The van der Waals surface area contributed by atoms with Crippen LogP contribution in [0.1, 0.15) is 16.8 Å². The van der Waals surface area contributed by atoms with E-state index < -0.39 is 9.84 Å². The van der Waals surface area contributed by atoms with Gasteiger partial charge < -0.3 is 4.74 Å². The van der Waals surface area contributed by atoms with Gasteiger partial charge in [-0.3, -0.25) is 14.7 Å². The molecular formula is C21H21N3O4S. The minimum Gasteiger partial charge on any atom is -0.457 e. The highest BCUT2D eigenvalue weighted by Crippen LogP contribution is 2.23. The number of para-hydroxylation sites is 1. The number of sulfone groups is 1. The Morgan fingerprint density at radius 3 is 2.45 bits per heavy atom. The van der Waals surface area contributed by atoms with Crippen LogP contribution in [0.5, 0.6) is 11.5 Å². The zero-order valence-corrected chi connectivity index (χ0v) is 16.8. The molecule has 0 saturated carbocycles. The Balaban J connectivity index is 1.45. The fourth-order valence-electron chi connectivity index (χ4n) is 3.31. The quantitative estimate of drug-likeness (QED) is 0.649. The van der Waals surface area contributed by atoms with Crippen molar-refractivity contribution < 1.29 is 13.2 Å². The molecule has 0 amide bonds. The summed E-state index contributed by atoms with van der Waals surface area (Å²) in [6.07, 6.45) is 1.58. The Hall–Kier alpha value is -2.97. The second-order valence-corrected chi connectivity index (χ2v) is 9.02. The van der Waals surface area contributed by atoms with Crippen molar-refractivity contribution in [3.8, 4) is 11.5 Å². The summed E-state index contributed by atoms with van der Waals surface area (Å²) in [6, 6.07) is 17.4. The van der Waals surface area contributed by atoms with Crippen LogP contribution in [0.4, 0.5) is 0 Å². The van der Waals surface area contributed by atoms with Gasteiger partial charge in [-0.2, -0.15) is 0 Å². The molecule has 1 aliphatic rings. The van der Waals surface area contributed by atoms with E-state index >= 15 is 0 Å². The van der Waals surface area contributed by atoms with E-state index in [9.17, 15) is 13.2 Å². The SMILES string of the molecule is CS(=O)(=O)c1nc2c(c(=O)[nH]1)CN(Cc1ccc(Oc3ccccc3)cc1)CC2. The molecule has 2 heterocycles. The first-order valence-electron chi connectivity index (χ1n) is 9.25. The molecule has 0 bridgehead atoms. The highest BCUT2D eigenvalue weighted by molar-refractivity contribution is 7.90. The number of H-pyrrole nitrogens is 1. The predicted octanol–water partition coefficient (Wildman–Crippen LogP) is 2.52. The number of benzene rings is 2. The molecule has 7 nitrogen and oxygen atoms in total. The molecule has 0 atom stereocenters.